The zero-order valence-corrected chi connectivity index (χ0v) is 11.9. The quantitative estimate of drug-likeness (QED) is 0.798. The molecule has 3 rings (SSSR count). The molecule has 0 spiro atoms. The molecule has 1 heterocycles. The van der Waals surface area contributed by atoms with E-state index >= 15 is 0 Å². The summed E-state index contributed by atoms with van der Waals surface area (Å²) in [4.78, 5) is 15.0. The van der Waals surface area contributed by atoms with Gasteiger partial charge in [-0.3, -0.25) is 9.69 Å². The van der Waals surface area contributed by atoms with E-state index in [1.165, 1.54) is 25.0 Å². The Balaban J connectivity index is 1.89. The smallest absolute Gasteiger partial charge is 0.193 e. The molecule has 2 nitrogen and oxygen atoms in total. The van der Waals surface area contributed by atoms with Crippen LogP contribution in [-0.4, -0.2) is 23.8 Å². The first-order valence-electron chi connectivity index (χ1n) is 7.34. The molecule has 2 aromatic rings. The topological polar surface area (TPSA) is 20.3 Å². The second-order valence-corrected chi connectivity index (χ2v) is 5.48. The van der Waals surface area contributed by atoms with E-state index in [1.807, 2.05) is 24.3 Å². The average molecular weight is 283 g/mol. The van der Waals surface area contributed by atoms with Crippen LogP contribution < -0.4 is 0 Å². The Bertz CT molecular complexity index is 647. The molecular weight excluding hydrogens is 265 g/mol. The molecule has 0 radical (unpaired) electrons. The molecule has 0 atom stereocenters. The normalized spacial score (nSPS) is 15.3. The number of hydrogen-bond acceptors (Lipinski definition) is 2. The van der Waals surface area contributed by atoms with Crippen LogP contribution in [0.4, 0.5) is 4.39 Å². The van der Waals surface area contributed by atoms with Gasteiger partial charge in [-0.2, -0.15) is 0 Å². The number of likely N-dealkylation sites (tertiary alicyclic amines) is 1. The summed E-state index contributed by atoms with van der Waals surface area (Å²) in [6, 6.07) is 13.5. The number of halogens is 1. The van der Waals surface area contributed by atoms with E-state index < -0.39 is 0 Å². The molecule has 2 aromatic carbocycles. The van der Waals surface area contributed by atoms with Gasteiger partial charge in [-0.05, 0) is 43.6 Å². The molecule has 0 bridgehead atoms. The van der Waals surface area contributed by atoms with Gasteiger partial charge in [-0.15, -0.1) is 0 Å². The minimum atomic E-state index is -0.377. The maximum atomic E-state index is 13.3. The molecule has 1 saturated heterocycles. The maximum Gasteiger partial charge on any atom is 0.193 e. The van der Waals surface area contributed by atoms with Gasteiger partial charge in [0.15, 0.2) is 5.78 Å². The van der Waals surface area contributed by atoms with Gasteiger partial charge >= 0.3 is 0 Å². The molecule has 0 saturated carbocycles. The van der Waals surface area contributed by atoms with Crippen molar-refractivity contribution in [2.45, 2.75) is 19.4 Å². The van der Waals surface area contributed by atoms with E-state index in [0.29, 0.717) is 11.1 Å². The third-order valence-corrected chi connectivity index (χ3v) is 3.94. The number of hydrogen-bond donors (Lipinski definition) is 0. The van der Waals surface area contributed by atoms with Gasteiger partial charge < -0.3 is 0 Å². The molecule has 3 heteroatoms. The van der Waals surface area contributed by atoms with Gasteiger partial charge in [0.2, 0.25) is 0 Å². The molecule has 1 aliphatic rings. The highest BCUT2D eigenvalue weighted by atomic mass is 19.1. The summed E-state index contributed by atoms with van der Waals surface area (Å²) >= 11 is 0. The summed E-state index contributed by atoms with van der Waals surface area (Å²) in [6.07, 6.45) is 2.44. The van der Waals surface area contributed by atoms with Crippen molar-refractivity contribution in [3.8, 4) is 0 Å². The van der Waals surface area contributed by atoms with Gasteiger partial charge in [0.25, 0.3) is 0 Å². The van der Waals surface area contributed by atoms with Gasteiger partial charge in [0.1, 0.15) is 5.82 Å². The number of carbonyl (C=O) groups excluding carboxylic acids is 1. The van der Waals surface area contributed by atoms with Crippen LogP contribution in [0.5, 0.6) is 0 Å². The van der Waals surface area contributed by atoms with Crippen molar-refractivity contribution >= 4 is 5.78 Å². The standard InChI is InChI=1S/C18H18FNO/c19-16-8-5-7-14(12-16)18(21)17-9-2-1-6-15(17)13-20-10-3-4-11-20/h1-2,5-9,12H,3-4,10-11,13H2. The lowest BCUT2D eigenvalue weighted by Crippen LogP contribution is -2.20. The Morgan fingerprint density at radius 1 is 1.05 bits per heavy atom. The van der Waals surface area contributed by atoms with Crippen molar-refractivity contribution in [2.75, 3.05) is 13.1 Å². The highest BCUT2D eigenvalue weighted by Crippen LogP contribution is 2.19. The van der Waals surface area contributed by atoms with Gasteiger partial charge in [0.05, 0.1) is 0 Å². The highest BCUT2D eigenvalue weighted by molar-refractivity contribution is 6.09. The Hall–Kier alpha value is -2.00. The number of benzene rings is 2. The SMILES string of the molecule is O=C(c1cccc(F)c1)c1ccccc1CN1CCCC1. The second kappa shape index (κ2) is 6.19. The Labute approximate surface area is 124 Å². The maximum absolute atomic E-state index is 13.3. The summed E-state index contributed by atoms with van der Waals surface area (Å²) in [7, 11) is 0. The predicted molar refractivity (Wildman–Crippen MR) is 80.8 cm³/mol. The summed E-state index contributed by atoms with van der Waals surface area (Å²) in [5, 5.41) is 0. The van der Waals surface area contributed by atoms with Gasteiger partial charge in [-0.1, -0.05) is 36.4 Å². The molecule has 1 fully saturated rings. The molecule has 0 aliphatic carbocycles. The Morgan fingerprint density at radius 3 is 2.57 bits per heavy atom. The van der Waals surface area contributed by atoms with Crippen molar-refractivity contribution in [2.24, 2.45) is 0 Å². The monoisotopic (exact) mass is 283 g/mol. The van der Waals surface area contributed by atoms with E-state index in [4.69, 9.17) is 0 Å². The summed E-state index contributed by atoms with van der Waals surface area (Å²) in [5.74, 6) is -0.484. The fraction of sp³-hybridized carbons (Fsp3) is 0.278. The van der Waals surface area contributed by atoms with Crippen LogP contribution in [0.15, 0.2) is 48.5 Å². The number of rotatable bonds is 4. The van der Waals surface area contributed by atoms with Crippen LogP contribution in [0.2, 0.25) is 0 Å². The minimum Gasteiger partial charge on any atom is -0.299 e. The van der Waals surface area contributed by atoms with Crippen LogP contribution >= 0.6 is 0 Å². The van der Waals surface area contributed by atoms with Crippen molar-refractivity contribution in [3.63, 3.8) is 0 Å². The molecular formula is C18H18FNO. The number of nitrogens with zero attached hydrogens (tertiary/aromatic N) is 1. The second-order valence-electron chi connectivity index (χ2n) is 5.48. The van der Waals surface area contributed by atoms with E-state index in [1.54, 1.807) is 12.1 Å². The van der Waals surface area contributed by atoms with Crippen molar-refractivity contribution in [3.05, 3.63) is 71.0 Å². The van der Waals surface area contributed by atoms with Crippen molar-refractivity contribution in [1.29, 1.82) is 0 Å². The van der Waals surface area contributed by atoms with Crippen LogP contribution in [0.1, 0.15) is 34.3 Å². The molecule has 1 aliphatic heterocycles. The molecule has 108 valence electrons. The van der Waals surface area contributed by atoms with Gasteiger partial charge in [0, 0.05) is 17.7 Å². The van der Waals surface area contributed by atoms with Crippen LogP contribution in [-0.2, 0) is 6.54 Å². The summed E-state index contributed by atoms with van der Waals surface area (Å²) in [6.45, 7) is 2.96. The van der Waals surface area contributed by atoms with E-state index in [0.717, 1.165) is 25.2 Å². The average Bonchev–Trinajstić information content (AvgIpc) is 3.00. The summed E-state index contributed by atoms with van der Waals surface area (Å²) in [5.41, 5.74) is 2.10. The lowest BCUT2D eigenvalue weighted by atomic mass is 9.98. The van der Waals surface area contributed by atoms with Crippen LogP contribution in [0, 0.1) is 5.82 Å². The van der Waals surface area contributed by atoms with Crippen LogP contribution in [0.25, 0.3) is 0 Å². The zero-order valence-electron chi connectivity index (χ0n) is 11.9. The lowest BCUT2D eigenvalue weighted by molar-refractivity contribution is 0.103. The minimum absolute atomic E-state index is 0.107. The van der Waals surface area contributed by atoms with E-state index in [-0.39, 0.29) is 11.6 Å². The van der Waals surface area contributed by atoms with Crippen LogP contribution in [0.3, 0.4) is 0 Å². The largest absolute Gasteiger partial charge is 0.299 e. The Morgan fingerprint density at radius 2 is 1.81 bits per heavy atom. The lowest BCUT2D eigenvalue weighted by Gasteiger charge is -2.17. The molecule has 0 unspecified atom stereocenters. The fourth-order valence-corrected chi connectivity index (χ4v) is 2.85. The fourth-order valence-electron chi connectivity index (χ4n) is 2.85. The third kappa shape index (κ3) is 3.19. The molecule has 21 heavy (non-hydrogen) atoms. The van der Waals surface area contributed by atoms with E-state index in [9.17, 15) is 9.18 Å². The highest BCUT2D eigenvalue weighted by Gasteiger charge is 2.17. The third-order valence-electron chi connectivity index (χ3n) is 3.94. The number of carbonyl (C=O) groups is 1. The molecule has 0 amide bonds. The molecule has 0 N–H and O–H groups in total. The predicted octanol–water partition coefficient (Wildman–Crippen LogP) is 3.65. The van der Waals surface area contributed by atoms with Gasteiger partial charge in [-0.25, -0.2) is 4.39 Å². The van der Waals surface area contributed by atoms with Crippen molar-refractivity contribution < 1.29 is 9.18 Å². The molecule has 0 aromatic heterocycles. The van der Waals surface area contributed by atoms with Crippen molar-refractivity contribution in [1.82, 2.24) is 4.90 Å². The zero-order chi connectivity index (χ0) is 14.7. The number of ketones is 1. The first kappa shape index (κ1) is 14.0. The first-order valence-corrected chi connectivity index (χ1v) is 7.34. The van der Waals surface area contributed by atoms with E-state index in [2.05, 4.69) is 4.90 Å². The Kier molecular flexibility index (Phi) is 4.11. The summed E-state index contributed by atoms with van der Waals surface area (Å²) < 4.78 is 13.3. The first-order chi connectivity index (χ1) is 10.2.